The smallest absolute Gasteiger partial charge is 0.0841 e. The number of nitrogens with two attached hydrogens (primary N) is 1. The maximum absolute atomic E-state index is 5.16. The molecular formula is C8H18N2O. The zero-order valence-corrected chi connectivity index (χ0v) is 7.39. The minimum atomic E-state index is -0.156. The monoisotopic (exact) mass is 158 g/mol. The average molecular weight is 158 g/mol. The Kier molecular flexibility index (Phi) is 2.87. The summed E-state index contributed by atoms with van der Waals surface area (Å²) < 4.78 is 0. The quantitative estimate of drug-likeness (QED) is 0.593. The summed E-state index contributed by atoms with van der Waals surface area (Å²) in [5, 5.41) is 3.32. The molecule has 1 heterocycles. The molecule has 0 spiro atoms. The first-order valence-corrected chi connectivity index (χ1v) is 4.23. The number of nitrogens with one attached hydrogen (secondary N) is 1. The summed E-state index contributed by atoms with van der Waals surface area (Å²) in [6.07, 6.45) is 2.31. The van der Waals surface area contributed by atoms with Crippen LogP contribution in [0.5, 0.6) is 0 Å². The van der Waals surface area contributed by atoms with E-state index in [4.69, 9.17) is 10.7 Å². The van der Waals surface area contributed by atoms with Crippen LogP contribution in [-0.4, -0.2) is 18.7 Å². The molecule has 1 fully saturated rings. The highest BCUT2D eigenvalue weighted by molar-refractivity contribution is 4.79. The molecule has 1 atom stereocenters. The average Bonchev–Trinajstić information content (AvgIpc) is 2.39. The zero-order valence-electron chi connectivity index (χ0n) is 7.39. The van der Waals surface area contributed by atoms with Crippen molar-refractivity contribution in [1.29, 1.82) is 0 Å². The Morgan fingerprint density at radius 3 is 2.82 bits per heavy atom. The van der Waals surface area contributed by atoms with Crippen LogP contribution in [0.3, 0.4) is 0 Å². The van der Waals surface area contributed by atoms with E-state index in [1.807, 2.05) is 13.8 Å². The van der Waals surface area contributed by atoms with E-state index in [1.165, 1.54) is 6.42 Å². The predicted octanol–water partition coefficient (Wildman–Crippen LogP) is 0.655. The second kappa shape index (κ2) is 3.52. The van der Waals surface area contributed by atoms with Gasteiger partial charge in [0.1, 0.15) is 0 Å². The molecule has 1 rings (SSSR count). The lowest BCUT2D eigenvalue weighted by Crippen LogP contribution is -2.31. The molecule has 1 aliphatic heterocycles. The third kappa shape index (κ3) is 2.77. The van der Waals surface area contributed by atoms with Crippen molar-refractivity contribution in [3.63, 3.8) is 0 Å². The largest absolute Gasteiger partial charge is 0.316 e. The molecule has 0 aromatic carbocycles. The Labute approximate surface area is 68.2 Å². The van der Waals surface area contributed by atoms with Crippen LogP contribution in [0, 0.1) is 5.92 Å². The van der Waals surface area contributed by atoms with Crippen LogP contribution in [-0.2, 0) is 4.84 Å². The van der Waals surface area contributed by atoms with Crippen molar-refractivity contribution in [2.24, 2.45) is 11.8 Å². The Hall–Kier alpha value is -0.120. The third-order valence-electron chi connectivity index (χ3n) is 2.26. The lowest BCUT2D eigenvalue weighted by Gasteiger charge is -2.24. The molecule has 66 valence electrons. The summed E-state index contributed by atoms with van der Waals surface area (Å²) in [6, 6.07) is 0. The molecule has 0 aliphatic carbocycles. The van der Waals surface area contributed by atoms with E-state index in [-0.39, 0.29) is 5.60 Å². The fraction of sp³-hybridized carbons (Fsp3) is 1.00. The molecule has 3 heteroatoms. The standard InChI is InChI=1S/C8H18N2O/c1-8(2,11-9)5-7-3-4-10-6-7/h7,10H,3-6,9H2,1-2H3. The van der Waals surface area contributed by atoms with Crippen molar-refractivity contribution < 1.29 is 4.84 Å². The second-order valence-electron chi connectivity index (χ2n) is 3.94. The molecular weight excluding hydrogens is 140 g/mol. The van der Waals surface area contributed by atoms with Crippen molar-refractivity contribution in [1.82, 2.24) is 5.32 Å². The van der Waals surface area contributed by atoms with Gasteiger partial charge in [0.15, 0.2) is 0 Å². The first kappa shape index (κ1) is 8.97. The van der Waals surface area contributed by atoms with Gasteiger partial charge in [-0.2, -0.15) is 0 Å². The van der Waals surface area contributed by atoms with Crippen LogP contribution in [0.1, 0.15) is 26.7 Å². The highest BCUT2D eigenvalue weighted by atomic mass is 16.6. The van der Waals surface area contributed by atoms with Gasteiger partial charge in [0.2, 0.25) is 0 Å². The van der Waals surface area contributed by atoms with Crippen LogP contribution in [0.2, 0.25) is 0 Å². The van der Waals surface area contributed by atoms with Gasteiger partial charge >= 0.3 is 0 Å². The summed E-state index contributed by atoms with van der Waals surface area (Å²) in [4.78, 5) is 4.87. The van der Waals surface area contributed by atoms with Gasteiger partial charge in [0.05, 0.1) is 5.60 Å². The summed E-state index contributed by atoms with van der Waals surface area (Å²) in [5.74, 6) is 5.91. The maximum Gasteiger partial charge on any atom is 0.0841 e. The van der Waals surface area contributed by atoms with Crippen molar-refractivity contribution in [3.8, 4) is 0 Å². The SMILES string of the molecule is CC(C)(CC1CCNC1)ON. The van der Waals surface area contributed by atoms with Gasteiger partial charge in [-0.1, -0.05) is 0 Å². The van der Waals surface area contributed by atoms with Crippen LogP contribution in [0.15, 0.2) is 0 Å². The van der Waals surface area contributed by atoms with Crippen LogP contribution < -0.4 is 11.2 Å². The summed E-state index contributed by atoms with van der Waals surface area (Å²) >= 11 is 0. The Bertz CT molecular complexity index is 119. The molecule has 0 radical (unpaired) electrons. The molecule has 3 nitrogen and oxygen atoms in total. The van der Waals surface area contributed by atoms with Crippen LogP contribution >= 0.6 is 0 Å². The lowest BCUT2D eigenvalue weighted by molar-refractivity contribution is -0.0346. The number of hydrogen-bond acceptors (Lipinski definition) is 3. The highest BCUT2D eigenvalue weighted by Crippen LogP contribution is 2.22. The van der Waals surface area contributed by atoms with E-state index < -0.39 is 0 Å². The third-order valence-corrected chi connectivity index (χ3v) is 2.26. The van der Waals surface area contributed by atoms with E-state index in [1.54, 1.807) is 0 Å². The normalized spacial score (nSPS) is 25.9. The predicted molar refractivity (Wildman–Crippen MR) is 44.9 cm³/mol. The van der Waals surface area contributed by atoms with Crippen molar-refractivity contribution >= 4 is 0 Å². The van der Waals surface area contributed by atoms with E-state index in [0.29, 0.717) is 0 Å². The van der Waals surface area contributed by atoms with E-state index in [2.05, 4.69) is 5.32 Å². The molecule has 0 amide bonds. The molecule has 11 heavy (non-hydrogen) atoms. The topological polar surface area (TPSA) is 47.3 Å². The Morgan fingerprint density at radius 1 is 1.64 bits per heavy atom. The molecule has 0 aromatic heterocycles. The zero-order chi connectivity index (χ0) is 8.32. The van der Waals surface area contributed by atoms with Crippen molar-refractivity contribution in [3.05, 3.63) is 0 Å². The van der Waals surface area contributed by atoms with Gasteiger partial charge in [-0.15, -0.1) is 0 Å². The van der Waals surface area contributed by atoms with Gasteiger partial charge < -0.3 is 5.32 Å². The van der Waals surface area contributed by atoms with Crippen molar-refractivity contribution in [2.75, 3.05) is 13.1 Å². The molecule has 0 aromatic rings. The molecule has 1 unspecified atom stereocenters. The maximum atomic E-state index is 5.16. The van der Waals surface area contributed by atoms with Crippen molar-refractivity contribution in [2.45, 2.75) is 32.3 Å². The van der Waals surface area contributed by atoms with Crippen LogP contribution in [0.4, 0.5) is 0 Å². The highest BCUT2D eigenvalue weighted by Gasteiger charge is 2.25. The molecule has 3 N–H and O–H groups in total. The second-order valence-corrected chi connectivity index (χ2v) is 3.94. The lowest BCUT2D eigenvalue weighted by atomic mass is 9.93. The van der Waals surface area contributed by atoms with Gasteiger partial charge in [-0.25, -0.2) is 5.90 Å². The Morgan fingerprint density at radius 2 is 2.36 bits per heavy atom. The van der Waals surface area contributed by atoms with Gasteiger partial charge in [-0.3, -0.25) is 4.84 Å². The minimum Gasteiger partial charge on any atom is -0.316 e. The number of hydrogen-bond donors (Lipinski definition) is 2. The van der Waals surface area contributed by atoms with E-state index in [0.717, 1.165) is 25.4 Å². The van der Waals surface area contributed by atoms with Gasteiger partial charge in [-0.05, 0) is 45.7 Å². The first-order valence-electron chi connectivity index (χ1n) is 4.23. The molecule has 0 bridgehead atoms. The van der Waals surface area contributed by atoms with Gasteiger partial charge in [0, 0.05) is 0 Å². The fourth-order valence-corrected chi connectivity index (χ4v) is 1.63. The Balaban J connectivity index is 2.28. The summed E-state index contributed by atoms with van der Waals surface area (Å²) in [7, 11) is 0. The fourth-order valence-electron chi connectivity index (χ4n) is 1.63. The minimum absolute atomic E-state index is 0.156. The molecule has 1 aliphatic rings. The van der Waals surface area contributed by atoms with E-state index >= 15 is 0 Å². The van der Waals surface area contributed by atoms with E-state index in [9.17, 15) is 0 Å². The number of rotatable bonds is 3. The molecule has 1 saturated heterocycles. The summed E-state index contributed by atoms with van der Waals surface area (Å²) in [6.45, 7) is 6.33. The molecule has 0 saturated carbocycles. The summed E-state index contributed by atoms with van der Waals surface area (Å²) in [5.41, 5.74) is -0.156. The van der Waals surface area contributed by atoms with Gasteiger partial charge in [0.25, 0.3) is 0 Å². The van der Waals surface area contributed by atoms with Crippen LogP contribution in [0.25, 0.3) is 0 Å². The first-order chi connectivity index (χ1) is 5.14.